The van der Waals surface area contributed by atoms with Crippen LogP contribution in [0.2, 0.25) is 0 Å². The van der Waals surface area contributed by atoms with Crippen LogP contribution in [-0.2, 0) is 6.42 Å². The van der Waals surface area contributed by atoms with Crippen molar-refractivity contribution >= 4 is 5.91 Å². The molecule has 0 saturated heterocycles. The number of fused-ring (bicyclic) bond motifs is 1. The maximum Gasteiger partial charge on any atom is 0.270 e. The molecular formula is C16H16N2O2. The van der Waals surface area contributed by atoms with Gasteiger partial charge in [0, 0.05) is 5.69 Å². The summed E-state index contributed by atoms with van der Waals surface area (Å²) in [5.41, 5.74) is 3.20. The van der Waals surface area contributed by atoms with E-state index >= 15 is 0 Å². The van der Waals surface area contributed by atoms with Gasteiger partial charge in [0.25, 0.3) is 5.91 Å². The molecule has 4 nitrogen and oxygen atoms in total. The van der Waals surface area contributed by atoms with Gasteiger partial charge in [-0.3, -0.25) is 4.79 Å². The summed E-state index contributed by atoms with van der Waals surface area (Å²) in [6.45, 7) is 1.86. The molecule has 0 unspecified atom stereocenters. The van der Waals surface area contributed by atoms with Gasteiger partial charge >= 0.3 is 0 Å². The van der Waals surface area contributed by atoms with Gasteiger partial charge in [0.05, 0.1) is 6.04 Å². The summed E-state index contributed by atoms with van der Waals surface area (Å²) in [5, 5.41) is 12.8. The number of carbonyl (C=O) groups excluding carboxylic acids is 1. The number of nitrogens with one attached hydrogen (secondary N) is 1. The van der Waals surface area contributed by atoms with E-state index in [1.807, 2.05) is 31.2 Å². The van der Waals surface area contributed by atoms with Crippen LogP contribution in [0.25, 0.3) is 0 Å². The minimum atomic E-state index is -0.171. The van der Waals surface area contributed by atoms with Crippen LogP contribution in [0.15, 0.2) is 36.4 Å². The Bertz CT molecular complexity index is 667. The van der Waals surface area contributed by atoms with Crippen molar-refractivity contribution in [3.8, 4) is 5.75 Å². The summed E-state index contributed by atoms with van der Waals surface area (Å²) in [7, 11) is 0. The highest BCUT2D eigenvalue weighted by Gasteiger charge is 2.26. The minimum absolute atomic E-state index is 0.0492. The second-order valence-corrected chi connectivity index (χ2v) is 5.07. The summed E-state index contributed by atoms with van der Waals surface area (Å²) >= 11 is 0. The van der Waals surface area contributed by atoms with E-state index < -0.39 is 0 Å². The Morgan fingerprint density at radius 3 is 2.90 bits per heavy atom. The Morgan fingerprint density at radius 2 is 2.10 bits per heavy atom. The third kappa shape index (κ3) is 2.25. The van der Waals surface area contributed by atoms with Gasteiger partial charge in [-0.25, -0.2) is 4.98 Å². The van der Waals surface area contributed by atoms with Gasteiger partial charge in [-0.05, 0) is 49.1 Å². The molecule has 0 bridgehead atoms. The minimum Gasteiger partial charge on any atom is -0.508 e. The molecule has 2 N–H and O–H groups in total. The SMILES string of the molecule is Cc1cccc(C(=O)N[C@H]2CCc3c(O)cccc32)n1. The summed E-state index contributed by atoms with van der Waals surface area (Å²) in [5.74, 6) is 0.142. The number of nitrogens with zero attached hydrogens (tertiary/aromatic N) is 1. The number of hydrogen-bond acceptors (Lipinski definition) is 3. The van der Waals surface area contributed by atoms with Gasteiger partial charge in [-0.2, -0.15) is 0 Å². The second kappa shape index (κ2) is 4.96. The summed E-state index contributed by atoms with van der Waals surface area (Å²) in [4.78, 5) is 16.4. The molecule has 0 spiro atoms. The van der Waals surface area contributed by atoms with Gasteiger partial charge < -0.3 is 10.4 Å². The van der Waals surface area contributed by atoms with Crippen LogP contribution < -0.4 is 5.32 Å². The van der Waals surface area contributed by atoms with E-state index in [4.69, 9.17) is 0 Å². The van der Waals surface area contributed by atoms with Crippen molar-refractivity contribution in [2.45, 2.75) is 25.8 Å². The van der Waals surface area contributed by atoms with Gasteiger partial charge in [-0.1, -0.05) is 18.2 Å². The molecule has 1 aromatic heterocycles. The van der Waals surface area contributed by atoms with Gasteiger partial charge in [0.15, 0.2) is 0 Å². The molecule has 2 aromatic rings. The van der Waals surface area contributed by atoms with E-state index in [2.05, 4.69) is 10.3 Å². The highest BCUT2D eigenvalue weighted by atomic mass is 16.3. The molecule has 1 atom stereocenters. The Labute approximate surface area is 117 Å². The maximum atomic E-state index is 12.2. The Morgan fingerprint density at radius 1 is 1.30 bits per heavy atom. The summed E-state index contributed by atoms with van der Waals surface area (Å²) < 4.78 is 0. The molecule has 1 heterocycles. The van der Waals surface area contributed by atoms with Crippen molar-refractivity contribution in [1.29, 1.82) is 0 Å². The van der Waals surface area contributed by atoms with Crippen LogP contribution in [-0.4, -0.2) is 16.0 Å². The zero-order chi connectivity index (χ0) is 14.1. The van der Waals surface area contributed by atoms with Gasteiger partial charge in [0.2, 0.25) is 0 Å². The van der Waals surface area contributed by atoms with E-state index in [1.54, 1.807) is 12.1 Å². The molecule has 3 rings (SSSR count). The molecule has 0 saturated carbocycles. The largest absolute Gasteiger partial charge is 0.508 e. The van der Waals surface area contributed by atoms with Crippen molar-refractivity contribution < 1.29 is 9.90 Å². The van der Waals surface area contributed by atoms with Crippen molar-refractivity contribution in [1.82, 2.24) is 10.3 Å². The van der Waals surface area contributed by atoms with E-state index in [-0.39, 0.29) is 11.9 Å². The number of rotatable bonds is 2. The number of benzene rings is 1. The molecule has 1 aliphatic carbocycles. The number of carbonyl (C=O) groups is 1. The molecule has 0 radical (unpaired) electrons. The van der Waals surface area contributed by atoms with Crippen LogP contribution in [0, 0.1) is 6.92 Å². The van der Waals surface area contributed by atoms with Crippen molar-refractivity contribution in [3.05, 3.63) is 58.9 Å². The second-order valence-electron chi connectivity index (χ2n) is 5.07. The number of phenolic OH excluding ortho intramolecular Hbond substituents is 1. The molecule has 4 heteroatoms. The third-order valence-electron chi connectivity index (χ3n) is 3.67. The quantitative estimate of drug-likeness (QED) is 0.879. The predicted molar refractivity (Wildman–Crippen MR) is 75.6 cm³/mol. The molecule has 1 amide bonds. The number of phenols is 1. The summed E-state index contributed by atoms with van der Waals surface area (Å²) in [6, 6.07) is 10.8. The highest BCUT2D eigenvalue weighted by Crippen LogP contribution is 2.36. The van der Waals surface area contributed by atoms with E-state index in [0.29, 0.717) is 11.4 Å². The third-order valence-corrected chi connectivity index (χ3v) is 3.67. The van der Waals surface area contributed by atoms with Crippen LogP contribution >= 0.6 is 0 Å². The van der Waals surface area contributed by atoms with Gasteiger partial charge in [-0.15, -0.1) is 0 Å². The fraction of sp³-hybridized carbons (Fsp3) is 0.250. The normalized spacial score (nSPS) is 16.8. The molecule has 1 aliphatic rings. The number of aromatic nitrogens is 1. The first-order valence-corrected chi connectivity index (χ1v) is 6.70. The van der Waals surface area contributed by atoms with Crippen molar-refractivity contribution in [3.63, 3.8) is 0 Å². The molecule has 102 valence electrons. The zero-order valence-corrected chi connectivity index (χ0v) is 11.3. The number of aryl methyl sites for hydroxylation is 1. The Balaban J connectivity index is 1.81. The predicted octanol–water partition coefficient (Wildman–Crippen LogP) is 2.51. The average molecular weight is 268 g/mol. The van der Waals surface area contributed by atoms with E-state index in [0.717, 1.165) is 29.7 Å². The first-order valence-electron chi connectivity index (χ1n) is 6.70. The lowest BCUT2D eigenvalue weighted by atomic mass is 10.1. The monoisotopic (exact) mass is 268 g/mol. The number of amides is 1. The molecule has 0 fully saturated rings. The van der Waals surface area contributed by atoms with Crippen LogP contribution in [0.4, 0.5) is 0 Å². The lowest BCUT2D eigenvalue weighted by Gasteiger charge is -2.14. The first-order chi connectivity index (χ1) is 9.65. The van der Waals surface area contributed by atoms with E-state index in [9.17, 15) is 9.90 Å². The summed E-state index contributed by atoms with van der Waals surface area (Å²) in [6.07, 6.45) is 1.60. The fourth-order valence-electron chi connectivity index (χ4n) is 2.69. The standard InChI is InChI=1S/C16H16N2O2/c1-10-4-2-6-14(17-10)16(20)18-13-9-8-12-11(13)5-3-7-15(12)19/h2-7,13,19H,8-9H2,1H3,(H,18,20)/t13-/m0/s1. The van der Waals surface area contributed by atoms with Crippen LogP contribution in [0.1, 0.15) is 39.8 Å². The van der Waals surface area contributed by atoms with E-state index in [1.165, 1.54) is 0 Å². The molecule has 1 aromatic carbocycles. The van der Waals surface area contributed by atoms with Crippen molar-refractivity contribution in [2.75, 3.05) is 0 Å². The molecule has 20 heavy (non-hydrogen) atoms. The number of aromatic hydroxyl groups is 1. The topological polar surface area (TPSA) is 62.2 Å². The highest BCUT2D eigenvalue weighted by molar-refractivity contribution is 5.92. The van der Waals surface area contributed by atoms with Crippen LogP contribution in [0.3, 0.4) is 0 Å². The number of hydrogen-bond donors (Lipinski definition) is 2. The Kier molecular flexibility index (Phi) is 3.14. The molecule has 0 aliphatic heterocycles. The van der Waals surface area contributed by atoms with Crippen LogP contribution in [0.5, 0.6) is 5.75 Å². The average Bonchev–Trinajstić information content (AvgIpc) is 2.83. The lowest BCUT2D eigenvalue weighted by molar-refractivity contribution is 0.0931. The smallest absolute Gasteiger partial charge is 0.270 e. The lowest BCUT2D eigenvalue weighted by Crippen LogP contribution is -2.28. The van der Waals surface area contributed by atoms with Crippen molar-refractivity contribution in [2.24, 2.45) is 0 Å². The van der Waals surface area contributed by atoms with Gasteiger partial charge in [0.1, 0.15) is 11.4 Å². The molecular weight excluding hydrogens is 252 g/mol. The number of pyridine rings is 1. The maximum absolute atomic E-state index is 12.2. The fourth-order valence-corrected chi connectivity index (χ4v) is 2.69. The zero-order valence-electron chi connectivity index (χ0n) is 11.3. The Hall–Kier alpha value is -2.36. The first kappa shape index (κ1) is 12.7.